The number of methoxy groups -OCH3 is 1. The van der Waals surface area contributed by atoms with Crippen molar-refractivity contribution in [3.8, 4) is 5.75 Å². The molecule has 0 radical (unpaired) electrons. The smallest absolute Gasteiger partial charge is 0.335 e. The number of hydrogen-bond donors (Lipinski definition) is 0. The van der Waals surface area contributed by atoms with E-state index < -0.39 is 7.60 Å². The van der Waals surface area contributed by atoms with Crippen LogP contribution in [0.5, 0.6) is 5.75 Å². The molecule has 6 nitrogen and oxygen atoms in total. The molecule has 0 amide bonds. The zero-order valence-electron chi connectivity index (χ0n) is 18.1. The Morgan fingerprint density at radius 1 is 0.935 bits per heavy atom. The van der Waals surface area contributed by atoms with Crippen LogP contribution >= 0.6 is 7.60 Å². The molecule has 2 aromatic carbocycles. The van der Waals surface area contributed by atoms with Crippen LogP contribution in [0.3, 0.4) is 0 Å². The molecule has 0 aliphatic carbocycles. The van der Waals surface area contributed by atoms with Crippen LogP contribution in [0.4, 0.5) is 0 Å². The fourth-order valence-electron chi connectivity index (χ4n) is 3.87. The molecule has 4 rings (SSSR count). The first-order valence-electron chi connectivity index (χ1n) is 10.4. The van der Waals surface area contributed by atoms with E-state index in [0.29, 0.717) is 19.8 Å². The van der Waals surface area contributed by atoms with Crippen molar-refractivity contribution in [1.82, 2.24) is 9.55 Å². The van der Waals surface area contributed by atoms with E-state index in [1.165, 1.54) is 0 Å². The molecular weight excluding hydrogens is 411 g/mol. The van der Waals surface area contributed by atoms with Crippen LogP contribution in [0.2, 0.25) is 0 Å². The molecule has 0 fully saturated rings. The number of benzene rings is 2. The van der Waals surface area contributed by atoms with Crippen molar-refractivity contribution in [2.24, 2.45) is 0 Å². The molecule has 0 unspecified atom stereocenters. The Kier molecular flexibility index (Phi) is 6.42. The van der Waals surface area contributed by atoms with Gasteiger partial charge in [0.2, 0.25) is 0 Å². The van der Waals surface area contributed by atoms with Crippen LogP contribution < -0.4 is 4.74 Å². The second kappa shape index (κ2) is 9.23. The number of pyridine rings is 1. The zero-order chi connectivity index (χ0) is 21.8. The summed E-state index contributed by atoms with van der Waals surface area (Å²) in [5.74, 6) is 0.814. The summed E-state index contributed by atoms with van der Waals surface area (Å²) in [5, 5.41) is 1.07. The molecule has 0 N–H and O–H groups in total. The highest BCUT2D eigenvalue weighted by atomic mass is 31.2. The summed E-state index contributed by atoms with van der Waals surface area (Å²) in [5.41, 5.74) is 5.22. The fraction of sp³-hybridized carbons (Fsp3) is 0.292. The largest absolute Gasteiger partial charge is 0.497 e. The molecule has 2 aromatic heterocycles. The second-order valence-electron chi connectivity index (χ2n) is 7.26. The van der Waals surface area contributed by atoms with Crippen molar-refractivity contribution in [2.75, 3.05) is 20.3 Å². The summed E-state index contributed by atoms with van der Waals surface area (Å²) in [6, 6.07) is 18.2. The van der Waals surface area contributed by atoms with E-state index in [9.17, 15) is 4.57 Å². The van der Waals surface area contributed by atoms with Crippen LogP contribution in [0, 0.1) is 0 Å². The highest BCUT2D eigenvalue weighted by molar-refractivity contribution is 7.53. The van der Waals surface area contributed by atoms with Crippen molar-refractivity contribution >= 4 is 29.5 Å². The molecule has 0 spiro atoms. The van der Waals surface area contributed by atoms with Crippen LogP contribution in [0.1, 0.15) is 25.0 Å². The lowest BCUT2D eigenvalue weighted by Gasteiger charge is -2.17. The van der Waals surface area contributed by atoms with Crippen LogP contribution in [-0.2, 0) is 26.3 Å². The third kappa shape index (κ3) is 4.52. The zero-order valence-corrected chi connectivity index (χ0v) is 19.0. The minimum atomic E-state index is -3.11. The number of aromatic nitrogens is 2. The number of nitrogens with zero attached hydrogens (tertiary/aromatic N) is 2. The number of fused-ring (bicyclic) bond motifs is 3. The van der Waals surface area contributed by atoms with Gasteiger partial charge in [-0.25, -0.2) is 0 Å². The summed E-state index contributed by atoms with van der Waals surface area (Å²) in [7, 11) is -1.44. The van der Waals surface area contributed by atoms with Gasteiger partial charge < -0.3 is 18.4 Å². The fourth-order valence-corrected chi connectivity index (χ4v) is 5.57. The first kappa shape index (κ1) is 21.6. The van der Waals surface area contributed by atoms with Gasteiger partial charge in [-0.05, 0) is 55.3 Å². The molecule has 2 heterocycles. The van der Waals surface area contributed by atoms with Gasteiger partial charge in [-0.15, -0.1) is 0 Å². The lowest BCUT2D eigenvalue weighted by atomic mass is 10.1. The predicted octanol–water partition coefficient (Wildman–Crippen LogP) is 6.01. The maximum atomic E-state index is 12.8. The van der Waals surface area contributed by atoms with E-state index >= 15 is 0 Å². The molecule has 162 valence electrons. The van der Waals surface area contributed by atoms with Gasteiger partial charge in [-0.1, -0.05) is 24.3 Å². The summed E-state index contributed by atoms with van der Waals surface area (Å²) in [6.45, 7) is 5.08. The normalized spacial score (nSPS) is 12.0. The molecule has 0 aliphatic rings. The van der Waals surface area contributed by atoms with E-state index in [-0.39, 0.29) is 6.16 Å². The van der Waals surface area contributed by atoms with Gasteiger partial charge in [0, 0.05) is 18.1 Å². The summed E-state index contributed by atoms with van der Waals surface area (Å²) >= 11 is 0. The molecule has 0 saturated heterocycles. The van der Waals surface area contributed by atoms with Crippen molar-refractivity contribution in [3.05, 3.63) is 71.9 Å². The van der Waals surface area contributed by atoms with Gasteiger partial charge in [0.25, 0.3) is 0 Å². The van der Waals surface area contributed by atoms with Crippen molar-refractivity contribution in [2.45, 2.75) is 26.6 Å². The molecular formula is C24H27N2O4P. The monoisotopic (exact) mass is 438 g/mol. The van der Waals surface area contributed by atoms with Crippen LogP contribution in [0.15, 0.2) is 60.8 Å². The van der Waals surface area contributed by atoms with Gasteiger partial charge >= 0.3 is 7.60 Å². The predicted molar refractivity (Wildman–Crippen MR) is 124 cm³/mol. The molecule has 7 heteroatoms. The summed E-state index contributed by atoms with van der Waals surface area (Å²) in [6.07, 6.45) is 2.09. The first-order valence-corrected chi connectivity index (χ1v) is 12.2. The third-order valence-corrected chi connectivity index (χ3v) is 7.27. The minimum absolute atomic E-state index is 0.272. The standard InChI is InChI=1S/C24H27N2O4P/c1-4-29-31(27,30-5-2)17-19-10-8-18(9-11-19)16-26-22-13-12-20(28-3)15-21(22)24-23(26)7-6-14-25-24/h6-15H,4-5,16-17H2,1-3H3. The van der Waals surface area contributed by atoms with Crippen molar-refractivity contribution < 1.29 is 18.3 Å². The SMILES string of the molecule is CCOP(=O)(Cc1ccc(Cn2c3ccc(OC)cc3c3ncccc32)cc1)OCC. The molecule has 4 aromatic rings. The molecule has 0 bridgehead atoms. The Morgan fingerprint density at radius 3 is 2.32 bits per heavy atom. The van der Waals surface area contributed by atoms with Crippen molar-refractivity contribution in [1.29, 1.82) is 0 Å². The van der Waals surface area contributed by atoms with Gasteiger partial charge in [-0.2, -0.15) is 0 Å². The van der Waals surface area contributed by atoms with Gasteiger partial charge in [0.05, 0.1) is 43.0 Å². The summed E-state index contributed by atoms with van der Waals surface area (Å²) < 4.78 is 31.3. The quantitative estimate of drug-likeness (QED) is 0.299. The van der Waals surface area contributed by atoms with E-state index in [1.54, 1.807) is 7.11 Å². The van der Waals surface area contributed by atoms with Gasteiger partial charge in [-0.3, -0.25) is 9.55 Å². The molecule has 0 aliphatic heterocycles. The molecule has 0 saturated carbocycles. The lowest BCUT2D eigenvalue weighted by molar-refractivity contribution is 0.219. The van der Waals surface area contributed by atoms with E-state index in [2.05, 4.69) is 33.8 Å². The Balaban J connectivity index is 1.64. The topological polar surface area (TPSA) is 62.6 Å². The van der Waals surface area contributed by atoms with Crippen LogP contribution in [0.25, 0.3) is 21.9 Å². The second-order valence-corrected chi connectivity index (χ2v) is 9.32. The Bertz CT molecular complexity index is 1220. The Labute approximate surface area is 182 Å². The van der Waals surface area contributed by atoms with Crippen molar-refractivity contribution in [3.63, 3.8) is 0 Å². The van der Waals surface area contributed by atoms with E-state index in [0.717, 1.165) is 38.8 Å². The van der Waals surface area contributed by atoms with Gasteiger partial charge in [0.1, 0.15) is 5.75 Å². The Hall–Kier alpha value is -2.66. The number of rotatable bonds is 9. The van der Waals surface area contributed by atoms with E-state index in [4.69, 9.17) is 13.8 Å². The third-order valence-electron chi connectivity index (χ3n) is 5.22. The number of ether oxygens (including phenoxy) is 1. The maximum Gasteiger partial charge on any atom is 0.335 e. The highest BCUT2D eigenvalue weighted by Gasteiger charge is 2.24. The number of hydrogen-bond acceptors (Lipinski definition) is 5. The van der Waals surface area contributed by atoms with Crippen LogP contribution in [-0.4, -0.2) is 29.9 Å². The van der Waals surface area contributed by atoms with E-state index in [1.807, 2.05) is 50.4 Å². The maximum absolute atomic E-state index is 12.8. The average Bonchev–Trinajstić information content (AvgIpc) is 3.08. The lowest BCUT2D eigenvalue weighted by Crippen LogP contribution is -2.01. The van der Waals surface area contributed by atoms with Gasteiger partial charge in [0.15, 0.2) is 0 Å². The highest BCUT2D eigenvalue weighted by Crippen LogP contribution is 2.51. The summed E-state index contributed by atoms with van der Waals surface area (Å²) in [4.78, 5) is 4.60. The molecule has 31 heavy (non-hydrogen) atoms. The minimum Gasteiger partial charge on any atom is -0.497 e. The molecule has 0 atom stereocenters. The first-order chi connectivity index (χ1) is 15.1. The average molecular weight is 438 g/mol. The Morgan fingerprint density at radius 2 is 1.65 bits per heavy atom.